The summed E-state index contributed by atoms with van der Waals surface area (Å²) in [6, 6.07) is 12.9. The number of hydrazone groups is 1. The maximum absolute atomic E-state index is 6.13. The van der Waals surface area contributed by atoms with Crippen LogP contribution in [0, 0.1) is 19.8 Å². The second-order valence-electron chi connectivity index (χ2n) is 8.09. The molecule has 5 heteroatoms. The number of ether oxygens (including phenoxy) is 2. The van der Waals surface area contributed by atoms with Crippen molar-refractivity contribution in [1.29, 1.82) is 0 Å². The Kier molecular flexibility index (Phi) is 5.76. The third-order valence-electron chi connectivity index (χ3n) is 6.20. The summed E-state index contributed by atoms with van der Waals surface area (Å²) < 4.78 is 11.8. The maximum Gasteiger partial charge on any atom is 0.161 e. The predicted octanol–water partition coefficient (Wildman–Crippen LogP) is 4.23. The number of piperidine rings is 1. The quantitative estimate of drug-likeness (QED) is 0.798. The monoisotopic (exact) mass is 393 g/mol. The fourth-order valence-corrected chi connectivity index (χ4v) is 4.31. The van der Waals surface area contributed by atoms with Crippen molar-refractivity contribution in [3.8, 4) is 11.5 Å². The number of aryl methyl sites for hydroxylation is 2. The van der Waals surface area contributed by atoms with Gasteiger partial charge in [0.1, 0.15) is 6.61 Å². The van der Waals surface area contributed by atoms with Gasteiger partial charge in [0.2, 0.25) is 0 Å². The van der Waals surface area contributed by atoms with Crippen LogP contribution in [0.5, 0.6) is 11.5 Å². The van der Waals surface area contributed by atoms with Crippen molar-refractivity contribution >= 4 is 5.71 Å². The molecule has 0 aliphatic carbocycles. The van der Waals surface area contributed by atoms with Crippen molar-refractivity contribution < 1.29 is 9.47 Å². The highest BCUT2D eigenvalue weighted by atomic mass is 16.5. The number of hydrogen-bond acceptors (Lipinski definition) is 5. The summed E-state index contributed by atoms with van der Waals surface area (Å²) >= 11 is 0. The number of methoxy groups -OCH3 is 1. The van der Waals surface area contributed by atoms with Crippen molar-refractivity contribution in [3.05, 3.63) is 58.7 Å². The Morgan fingerprint density at radius 3 is 2.79 bits per heavy atom. The summed E-state index contributed by atoms with van der Waals surface area (Å²) in [5.74, 6) is 1.97. The van der Waals surface area contributed by atoms with Crippen LogP contribution in [0.2, 0.25) is 0 Å². The molecule has 5 nitrogen and oxygen atoms in total. The molecule has 154 valence electrons. The summed E-state index contributed by atoms with van der Waals surface area (Å²) in [6.07, 6.45) is 1.05. The van der Waals surface area contributed by atoms with Crippen LogP contribution < -0.4 is 14.9 Å². The van der Waals surface area contributed by atoms with Gasteiger partial charge in [-0.1, -0.05) is 36.8 Å². The zero-order chi connectivity index (χ0) is 20.4. The Hall–Kier alpha value is -2.53. The van der Waals surface area contributed by atoms with Crippen LogP contribution in [-0.2, 0) is 6.61 Å². The Morgan fingerprint density at radius 2 is 2.00 bits per heavy atom. The van der Waals surface area contributed by atoms with E-state index in [1.165, 1.54) is 28.0 Å². The van der Waals surface area contributed by atoms with E-state index in [-0.39, 0.29) is 6.04 Å². The van der Waals surface area contributed by atoms with Gasteiger partial charge in [0.25, 0.3) is 0 Å². The minimum absolute atomic E-state index is 0.196. The van der Waals surface area contributed by atoms with Crippen LogP contribution in [0.25, 0.3) is 0 Å². The molecular formula is C24H31N3O2. The van der Waals surface area contributed by atoms with Gasteiger partial charge >= 0.3 is 0 Å². The van der Waals surface area contributed by atoms with E-state index in [0.29, 0.717) is 12.5 Å². The summed E-state index contributed by atoms with van der Waals surface area (Å²) in [4.78, 5) is 2.50. The Morgan fingerprint density at radius 1 is 1.14 bits per heavy atom. The molecule has 2 atom stereocenters. The average molecular weight is 394 g/mol. The van der Waals surface area contributed by atoms with E-state index in [1.807, 2.05) is 6.07 Å². The number of nitrogens with one attached hydrogen (secondary N) is 1. The van der Waals surface area contributed by atoms with Gasteiger partial charge in [0.05, 0.1) is 13.2 Å². The number of benzene rings is 2. The van der Waals surface area contributed by atoms with Crippen LogP contribution in [0.4, 0.5) is 0 Å². The molecule has 0 aromatic heterocycles. The van der Waals surface area contributed by atoms with E-state index in [9.17, 15) is 0 Å². The highest BCUT2D eigenvalue weighted by molar-refractivity contribution is 5.90. The molecule has 0 bridgehead atoms. The molecular weight excluding hydrogens is 362 g/mol. The first-order chi connectivity index (χ1) is 14.1. The highest BCUT2D eigenvalue weighted by Gasteiger charge is 2.36. The topological polar surface area (TPSA) is 46.1 Å². The molecule has 0 spiro atoms. The standard InChI is InChI=1S/C24H31N3O2/c1-5-27-11-10-21-20(14-27)24(26-25-21)18-8-9-22(23(13-18)28-4)29-15-19-12-16(2)6-7-17(19)3/h6-9,12-13,20,24,26H,5,10-11,14-15H2,1-4H3. The second kappa shape index (κ2) is 8.46. The van der Waals surface area contributed by atoms with Crippen molar-refractivity contribution in [3.63, 3.8) is 0 Å². The van der Waals surface area contributed by atoms with E-state index in [4.69, 9.17) is 9.47 Å². The first-order valence-corrected chi connectivity index (χ1v) is 10.5. The molecule has 0 amide bonds. The fraction of sp³-hybridized carbons (Fsp3) is 0.458. The molecule has 0 saturated carbocycles. The third kappa shape index (κ3) is 4.10. The number of fused-ring (bicyclic) bond motifs is 1. The molecule has 0 radical (unpaired) electrons. The summed E-state index contributed by atoms with van der Waals surface area (Å²) in [5, 5.41) is 4.62. The number of nitrogens with zero attached hydrogens (tertiary/aromatic N) is 2. The number of likely N-dealkylation sites (tertiary alicyclic amines) is 1. The number of hydrogen-bond donors (Lipinski definition) is 1. The molecule has 1 fully saturated rings. The van der Waals surface area contributed by atoms with Gasteiger partial charge in [-0.15, -0.1) is 0 Å². The van der Waals surface area contributed by atoms with Gasteiger partial charge in [-0.3, -0.25) is 0 Å². The van der Waals surface area contributed by atoms with Crippen molar-refractivity contribution in [2.24, 2.45) is 11.0 Å². The SMILES string of the molecule is CCN1CCC2=NNC(c3ccc(OCc4cc(C)ccc4C)c(OC)c3)C2C1. The van der Waals surface area contributed by atoms with E-state index in [2.05, 4.69) is 66.5 Å². The largest absolute Gasteiger partial charge is 0.493 e. The lowest BCUT2D eigenvalue weighted by Crippen LogP contribution is -2.41. The zero-order valence-electron chi connectivity index (χ0n) is 17.9. The zero-order valence-corrected chi connectivity index (χ0v) is 17.9. The van der Waals surface area contributed by atoms with E-state index in [0.717, 1.165) is 37.6 Å². The number of rotatable bonds is 6. The van der Waals surface area contributed by atoms with Crippen LogP contribution in [0.3, 0.4) is 0 Å². The normalized spacial score (nSPS) is 21.3. The van der Waals surface area contributed by atoms with Gasteiger partial charge in [-0.05, 0) is 49.2 Å². The van der Waals surface area contributed by atoms with E-state index < -0.39 is 0 Å². The predicted molar refractivity (Wildman–Crippen MR) is 117 cm³/mol. The Labute approximate surface area is 173 Å². The third-order valence-corrected chi connectivity index (χ3v) is 6.20. The van der Waals surface area contributed by atoms with E-state index >= 15 is 0 Å². The smallest absolute Gasteiger partial charge is 0.161 e. The van der Waals surface area contributed by atoms with Crippen LogP contribution >= 0.6 is 0 Å². The minimum atomic E-state index is 0.196. The van der Waals surface area contributed by atoms with Gasteiger partial charge in [-0.2, -0.15) is 5.10 Å². The van der Waals surface area contributed by atoms with Gasteiger partial charge in [0, 0.05) is 31.1 Å². The Bertz CT molecular complexity index is 909. The first kappa shape index (κ1) is 19.8. The lowest BCUT2D eigenvalue weighted by Gasteiger charge is -2.32. The fourth-order valence-electron chi connectivity index (χ4n) is 4.31. The van der Waals surface area contributed by atoms with Crippen molar-refractivity contribution in [2.45, 2.75) is 39.8 Å². The van der Waals surface area contributed by atoms with Crippen LogP contribution in [0.1, 0.15) is 41.6 Å². The molecule has 29 heavy (non-hydrogen) atoms. The molecule has 2 unspecified atom stereocenters. The average Bonchev–Trinajstić information content (AvgIpc) is 3.17. The molecule has 1 N–H and O–H groups in total. The van der Waals surface area contributed by atoms with Crippen molar-refractivity contribution in [1.82, 2.24) is 10.3 Å². The van der Waals surface area contributed by atoms with Crippen molar-refractivity contribution in [2.75, 3.05) is 26.7 Å². The van der Waals surface area contributed by atoms with Gasteiger partial charge < -0.3 is 19.8 Å². The molecule has 2 heterocycles. The maximum atomic E-state index is 6.13. The van der Waals surface area contributed by atoms with Crippen LogP contribution in [-0.4, -0.2) is 37.4 Å². The van der Waals surface area contributed by atoms with Gasteiger partial charge in [-0.25, -0.2) is 0 Å². The molecule has 2 aliphatic heterocycles. The summed E-state index contributed by atoms with van der Waals surface area (Å²) in [5.41, 5.74) is 9.55. The molecule has 2 aromatic carbocycles. The molecule has 2 aliphatic rings. The first-order valence-electron chi connectivity index (χ1n) is 10.5. The molecule has 4 rings (SSSR count). The minimum Gasteiger partial charge on any atom is -0.493 e. The summed E-state index contributed by atoms with van der Waals surface area (Å²) in [7, 11) is 1.70. The van der Waals surface area contributed by atoms with E-state index in [1.54, 1.807) is 7.11 Å². The second-order valence-corrected chi connectivity index (χ2v) is 8.09. The lowest BCUT2D eigenvalue weighted by atomic mass is 9.86. The molecule has 1 saturated heterocycles. The summed E-state index contributed by atoms with van der Waals surface area (Å²) in [6.45, 7) is 10.2. The van der Waals surface area contributed by atoms with Gasteiger partial charge in [0.15, 0.2) is 11.5 Å². The molecule has 2 aromatic rings. The Balaban J connectivity index is 1.50. The lowest BCUT2D eigenvalue weighted by molar-refractivity contribution is 0.238. The van der Waals surface area contributed by atoms with Crippen LogP contribution in [0.15, 0.2) is 41.5 Å². The highest BCUT2D eigenvalue weighted by Crippen LogP contribution is 2.37.